The molecule has 0 rings (SSSR count). The summed E-state index contributed by atoms with van der Waals surface area (Å²) in [5.74, 6) is 0.178. The van der Waals surface area contributed by atoms with E-state index in [0.29, 0.717) is 12.0 Å². The summed E-state index contributed by atoms with van der Waals surface area (Å²) < 4.78 is 0. The molecule has 0 aliphatic rings. The molecule has 12 heavy (non-hydrogen) atoms. The molecule has 1 heteroatoms. The first kappa shape index (κ1) is 10.9. The van der Waals surface area contributed by atoms with Crippen molar-refractivity contribution in [1.29, 1.82) is 0 Å². The number of allylic oxidation sites excluding steroid dienone is 3. The maximum Gasteiger partial charge on any atom is 0.158 e. The average molecular weight is 164 g/mol. The van der Waals surface area contributed by atoms with Crippen molar-refractivity contribution in [2.45, 2.75) is 20.3 Å². The van der Waals surface area contributed by atoms with Crippen LogP contribution >= 0.6 is 0 Å². The molecule has 0 aromatic rings. The van der Waals surface area contributed by atoms with Gasteiger partial charge in [0.25, 0.3) is 0 Å². The van der Waals surface area contributed by atoms with Crippen LogP contribution in [0.15, 0.2) is 37.0 Å². The molecule has 0 radical (unpaired) electrons. The first-order valence-electron chi connectivity index (χ1n) is 3.95. The Morgan fingerprint density at radius 1 is 1.42 bits per heavy atom. The predicted molar refractivity (Wildman–Crippen MR) is 52.9 cm³/mol. The van der Waals surface area contributed by atoms with Crippen LogP contribution in [0, 0.1) is 5.92 Å². The predicted octanol–water partition coefficient (Wildman–Crippen LogP) is 2.90. The molecule has 0 aromatic heterocycles. The highest BCUT2D eigenvalue weighted by Crippen LogP contribution is 2.16. The SMILES string of the molecule is C=CC(CC(=O)C(=C)C)C(=C)C. The average Bonchev–Trinajstić information content (AvgIpc) is 1.98. The second kappa shape index (κ2) is 4.70. The van der Waals surface area contributed by atoms with E-state index in [2.05, 4.69) is 19.7 Å². The number of carbonyl (C=O) groups excluding carboxylic acids is 1. The highest BCUT2D eigenvalue weighted by molar-refractivity contribution is 5.94. The number of hydrogen-bond donors (Lipinski definition) is 0. The standard InChI is InChI=1S/C11H16O/c1-6-10(8(2)3)7-11(12)9(4)5/h6,10H,1-2,4,7H2,3,5H3. The summed E-state index contributed by atoms with van der Waals surface area (Å²) >= 11 is 0. The molecule has 0 saturated carbocycles. The molecule has 0 amide bonds. The van der Waals surface area contributed by atoms with E-state index in [9.17, 15) is 4.79 Å². The lowest BCUT2D eigenvalue weighted by atomic mass is 9.94. The third kappa shape index (κ3) is 3.33. The minimum absolute atomic E-state index is 0.0860. The van der Waals surface area contributed by atoms with Crippen molar-refractivity contribution in [3.05, 3.63) is 37.0 Å². The van der Waals surface area contributed by atoms with Crippen LogP contribution in [-0.2, 0) is 4.79 Å². The first-order chi connectivity index (χ1) is 5.49. The molecule has 1 atom stereocenters. The van der Waals surface area contributed by atoms with Gasteiger partial charge in [0.2, 0.25) is 0 Å². The zero-order chi connectivity index (χ0) is 9.72. The molecular formula is C11H16O. The molecule has 0 aliphatic carbocycles. The highest BCUT2D eigenvalue weighted by atomic mass is 16.1. The smallest absolute Gasteiger partial charge is 0.158 e. The summed E-state index contributed by atoms with van der Waals surface area (Å²) in [7, 11) is 0. The van der Waals surface area contributed by atoms with Gasteiger partial charge in [0.15, 0.2) is 5.78 Å². The minimum Gasteiger partial charge on any atom is -0.295 e. The van der Waals surface area contributed by atoms with E-state index < -0.39 is 0 Å². The van der Waals surface area contributed by atoms with E-state index in [-0.39, 0.29) is 11.7 Å². The minimum atomic E-state index is 0.0860. The summed E-state index contributed by atoms with van der Waals surface area (Å²) in [6.45, 7) is 14.6. The molecule has 1 nitrogen and oxygen atoms in total. The Labute approximate surface area is 74.5 Å². The molecule has 0 spiro atoms. The van der Waals surface area contributed by atoms with Crippen LogP contribution in [0.3, 0.4) is 0 Å². The normalized spacial score (nSPS) is 11.8. The molecule has 66 valence electrons. The van der Waals surface area contributed by atoms with Crippen LogP contribution in [0.25, 0.3) is 0 Å². The van der Waals surface area contributed by atoms with Gasteiger partial charge in [0, 0.05) is 12.3 Å². The second-order valence-corrected chi connectivity index (χ2v) is 3.10. The molecule has 1 unspecified atom stereocenters. The fourth-order valence-electron chi connectivity index (χ4n) is 0.833. The van der Waals surface area contributed by atoms with E-state index in [1.165, 1.54) is 0 Å². The van der Waals surface area contributed by atoms with Crippen molar-refractivity contribution in [2.75, 3.05) is 0 Å². The van der Waals surface area contributed by atoms with Crippen LogP contribution in [-0.4, -0.2) is 5.78 Å². The van der Waals surface area contributed by atoms with Crippen LogP contribution in [0.1, 0.15) is 20.3 Å². The number of hydrogen-bond acceptors (Lipinski definition) is 1. The van der Waals surface area contributed by atoms with Crippen molar-refractivity contribution in [3.8, 4) is 0 Å². The highest BCUT2D eigenvalue weighted by Gasteiger charge is 2.10. The van der Waals surface area contributed by atoms with E-state index in [1.54, 1.807) is 13.0 Å². The van der Waals surface area contributed by atoms with Crippen molar-refractivity contribution in [1.82, 2.24) is 0 Å². The Morgan fingerprint density at radius 3 is 2.17 bits per heavy atom. The van der Waals surface area contributed by atoms with Crippen LogP contribution in [0.4, 0.5) is 0 Å². The number of carbonyl (C=O) groups is 1. The summed E-state index contributed by atoms with van der Waals surface area (Å²) in [4.78, 5) is 11.2. The molecule has 0 aliphatic heterocycles. The topological polar surface area (TPSA) is 17.1 Å². The molecule has 0 heterocycles. The monoisotopic (exact) mass is 164 g/mol. The van der Waals surface area contributed by atoms with Gasteiger partial charge in [0.05, 0.1) is 0 Å². The zero-order valence-corrected chi connectivity index (χ0v) is 7.89. The fraction of sp³-hybridized carbons (Fsp3) is 0.364. The van der Waals surface area contributed by atoms with Gasteiger partial charge in [-0.1, -0.05) is 24.8 Å². The van der Waals surface area contributed by atoms with Crippen molar-refractivity contribution in [3.63, 3.8) is 0 Å². The lowest BCUT2D eigenvalue weighted by molar-refractivity contribution is -0.115. The molecular weight excluding hydrogens is 148 g/mol. The van der Waals surface area contributed by atoms with Gasteiger partial charge >= 0.3 is 0 Å². The molecule has 0 bridgehead atoms. The summed E-state index contributed by atoms with van der Waals surface area (Å²) in [6, 6.07) is 0. The van der Waals surface area contributed by atoms with E-state index in [0.717, 1.165) is 5.57 Å². The number of Topliss-reactive ketones (excluding diaryl/α,β-unsaturated/α-hetero) is 1. The number of ketones is 1. The van der Waals surface area contributed by atoms with Gasteiger partial charge in [-0.3, -0.25) is 4.79 Å². The Morgan fingerprint density at radius 2 is 1.92 bits per heavy atom. The van der Waals surface area contributed by atoms with Gasteiger partial charge in [-0.2, -0.15) is 0 Å². The molecule has 0 N–H and O–H groups in total. The van der Waals surface area contributed by atoms with Crippen LogP contribution in [0.5, 0.6) is 0 Å². The Hall–Kier alpha value is -1.11. The quantitative estimate of drug-likeness (QED) is 0.451. The van der Waals surface area contributed by atoms with Gasteiger partial charge in [0.1, 0.15) is 0 Å². The molecule has 0 aromatic carbocycles. The first-order valence-corrected chi connectivity index (χ1v) is 3.95. The summed E-state index contributed by atoms with van der Waals surface area (Å²) in [6.07, 6.45) is 2.21. The van der Waals surface area contributed by atoms with Crippen molar-refractivity contribution < 1.29 is 4.79 Å². The van der Waals surface area contributed by atoms with Gasteiger partial charge in [-0.15, -0.1) is 6.58 Å². The van der Waals surface area contributed by atoms with E-state index in [1.807, 2.05) is 6.92 Å². The number of rotatable bonds is 5. The van der Waals surface area contributed by atoms with Crippen molar-refractivity contribution >= 4 is 5.78 Å². The third-order valence-corrected chi connectivity index (χ3v) is 1.80. The van der Waals surface area contributed by atoms with Crippen LogP contribution in [0.2, 0.25) is 0 Å². The van der Waals surface area contributed by atoms with Crippen molar-refractivity contribution in [2.24, 2.45) is 5.92 Å². The largest absolute Gasteiger partial charge is 0.295 e. The van der Waals surface area contributed by atoms with Gasteiger partial charge < -0.3 is 0 Å². The lowest BCUT2D eigenvalue weighted by Crippen LogP contribution is -2.07. The molecule has 0 saturated heterocycles. The Balaban J connectivity index is 4.22. The maximum absolute atomic E-state index is 11.2. The Bertz CT molecular complexity index is 223. The van der Waals surface area contributed by atoms with Gasteiger partial charge in [-0.05, 0) is 19.4 Å². The van der Waals surface area contributed by atoms with Crippen LogP contribution < -0.4 is 0 Å². The summed E-state index contributed by atoms with van der Waals surface area (Å²) in [5.41, 5.74) is 1.57. The maximum atomic E-state index is 11.2. The fourth-order valence-corrected chi connectivity index (χ4v) is 0.833. The zero-order valence-electron chi connectivity index (χ0n) is 7.89. The summed E-state index contributed by atoms with van der Waals surface area (Å²) in [5, 5.41) is 0. The Kier molecular flexibility index (Phi) is 4.27. The van der Waals surface area contributed by atoms with Gasteiger partial charge in [-0.25, -0.2) is 0 Å². The lowest BCUT2D eigenvalue weighted by Gasteiger charge is -2.10. The van der Waals surface area contributed by atoms with E-state index in [4.69, 9.17) is 0 Å². The second-order valence-electron chi connectivity index (χ2n) is 3.10. The molecule has 0 fully saturated rings. The van der Waals surface area contributed by atoms with E-state index >= 15 is 0 Å². The third-order valence-electron chi connectivity index (χ3n) is 1.80.